The molecule has 2 aromatic rings. The van der Waals surface area contributed by atoms with E-state index in [1.54, 1.807) is 0 Å². The average Bonchev–Trinajstić information content (AvgIpc) is 3.26. The molecular weight excluding hydrogens is 527 g/mol. The summed E-state index contributed by atoms with van der Waals surface area (Å²) in [5, 5.41) is 6.75. The maximum atomic E-state index is 5.84. The zero-order chi connectivity index (χ0) is 22.8. The molecule has 0 aliphatic carbocycles. The van der Waals surface area contributed by atoms with Gasteiger partial charge in [0.2, 0.25) is 5.89 Å². The van der Waals surface area contributed by atoms with Crippen LogP contribution in [-0.2, 0) is 18.5 Å². The molecule has 184 valence electrons. The molecule has 1 fully saturated rings. The van der Waals surface area contributed by atoms with E-state index >= 15 is 0 Å². The number of nitrogens with one attached hydrogen (secondary N) is 2. The first-order chi connectivity index (χ1) is 15.4. The van der Waals surface area contributed by atoms with Gasteiger partial charge in [-0.1, -0.05) is 51.1 Å². The van der Waals surface area contributed by atoms with Crippen LogP contribution < -0.4 is 10.6 Å². The van der Waals surface area contributed by atoms with Crippen molar-refractivity contribution < 1.29 is 4.42 Å². The summed E-state index contributed by atoms with van der Waals surface area (Å²) < 4.78 is 5.84. The highest BCUT2D eigenvalue weighted by Gasteiger charge is 2.19. The van der Waals surface area contributed by atoms with Crippen LogP contribution in [0.1, 0.15) is 51.3 Å². The molecule has 1 aliphatic heterocycles. The predicted octanol–water partition coefficient (Wildman–Crippen LogP) is 3.85. The molecule has 2 heterocycles. The third-order valence-corrected chi connectivity index (χ3v) is 5.67. The molecule has 33 heavy (non-hydrogen) atoms. The Labute approximate surface area is 216 Å². The number of hydrogen-bond acceptors (Lipinski definition) is 5. The van der Waals surface area contributed by atoms with Gasteiger partial charge in [-0.3, -0.25) is 4.90 Å². The van der Waals surface area contributed by atoms with Crippen LogP contribution in [0.25, 0.3) is 0 Å². The zero-order valence-electron chi connectivity index (χ0n) is 20.6. The molecule has 1 aliphatic rings. The third-order valence-electron chi connectivity index (χ3n) is 5.67. The van der Waals surface area contributed by atoms with Gasteiger partial charge in [-0.2, -0.15) is 0 Å². The van der Waals surface area contributed by atoms with E-state index in [-0.39, 0.29) is 29.4 Å². The lowest BCUT2D eigenvalue weighted by molar-refractivity contribution is 0.126. The van der Waals surface area contributed by atoms with Crippen LogP contribution in [0.3, 0.4) is 0 Å². The standard InChI is InChI=1S/C25H40N6O.HI/c1-5-26-24(29-19-23-28-18-22(32-23)25(2,3)4)27-12-9-13-30-14-16-31(17-15-30)20-21-10-7-6-8-11-21;/h6-8,10-11,18H,5,9,12-17,19-20H2,1-4H3,(H2,26,27,29);1H. The van der Waals surface area contributed by atoms with E-state index in [4.69, 9.17) is 4.42 Å². The Morgan fingerprint density at radius 1 is 1.06 bits per heavy atom. The third kappa shape index (κ3) is 9.62. The second-order valence-electron chi connectivity index (χ2n) is 9.45. The molecule has 1 aromatic heterocycles. The molecule has 8 heteroatoms. The van der Waals surface area contributed by atoms with Crippen molar-refractivity contribution in [1.29, 1.82) is 0 Å². The maximum absolute atomic E-state index is 5.84. The minimum atomic E-state index is -0.0370. The molecule has 0 atom stereocenters. The summed E-state index contributed by atoms with van der Waals surface area (Å²) in [5.41, 5.74) is 1.37. The Hall–Kier alpha value is -1.65. The van der Waals surface area contributed by atoms with Crippen LogP contribution in [0, 0.1) is 0 Å². The van der Waals surface area contributed by atoms with Crippen LogP contribution in [0.5, 0.6) is 0 Å². The monoisotopic (exact) mass is 568 g/mol. The summed E-state index contributed by atoms with van der Waals surface area (Å²) in [4.78, 5) is 14.1. The van der Waals surface area contributed by atoms with Crippen molar-refractivity contribution in [2.75, 3.05) is 45.8 Å². The molecule has 3 rings (SSSR count). The van der Waals surface area contributed by atoms with Crippen LogP contribution in [0.15, 0.2) is 45.9 Å². The summed E-state index contributed by atoms with van der Waals surface area (Å²) in [6.07, 6.45) is 2.90. The number of nitrogens with zero attached hydrogens (tertiary/aromatic N) is 4. The van der Waals surface area contributed by atoms with Crippen molar-refractivity contribution in [1.82, 2.24) is 25.4 Å². The van der Waals surface area contributed by atoms with E-state index in [0.29, 0.717) is 12.4 Å². The second-order valence-corrected chi connectivity index (χ2v) is 9.45. The predicted molar refractivity (Wildman–Crippen MR) is 146 cm³/mol. The molecule has 0 saturated carbocycles. The quantitative estimate of drug-likeness (QED) is 0.207. The van der Waals surface area contributed by atoms with Crippen molar-refractivity contribution in [2.45, 2.75) is 52.6 Å². The number of oxazole rings is 1. The van der Waals surface area contributed by atoms with Gasteiger partial charge in [0.25, 0.3) is 0 Å². The number of halogens is 1. The molecular formula is C25H41IN6O. The fourth-order valence-corrected chi connectivity index (χ4v) is 3.74. The molecule has 0 radical (unpaired) electrons. The minimum absolute atomic E-state index is 0. The summed E-state index contributed by atoms with van der Waals surface area (Å²) in [7, 11) is 0. The summed E-state index contributed by atoms with van der Waals surface area (Å²) >= 11 is 0. The first kappa shape index (κ1) is 27.6. The van der Waals surface area contributed by atoms with Crippen LogP contribution >= 0.6 is 24.0 Å². The van der Waals surface area contributed by atoms with Crippen LogP contribution in [0.4, 0.5) is 0 Å². The Morgan fingerprint density at radius 2 is 1.76 bits per heavy atom. The lowest BCUT2D eigenvalue weighted by Gasteiger charge is -2.34. The van der Waals surface area contributed by atoms with Crippen LogP contribution in [0.2, 0.25) is 0 Å². The van der Waals surface area contributed by atoms with Gasteiger partial charge in [0.1, 0.15) is 12.3 Å². The van der Waals surface area contributed by atoms with Crippen molar-refractivity contribution in [3.63, 3.8) is 0 Å². The molecule has 0 bridgehead atoms. The molecule has 7 nitrogen and oxygen atoms in total. The molecule has 2 N–H and O–H groups in total. The number of aromatic nitrogens is 1. The minimum Gasteiger partial charge on any atom is -0.443 e. The maximum Gasteiger partial charge on any atom is 0.216 e. The Bertz CT molecular complexity index is 825. The van der Waals surface area contributed by atoms with Gasteiger partial charge in [0.15, 0.2) is 5.96 Å². The Morgan fingerprint density at radius 3 is 2.39 bits per heavy atom. The van der Waals surface area contributed by atoms with E-state index in [0.717, 1.165) is 70.5 Å². The smallest absolute Gasteiger partial charge is 0.216 e. The van der Waals surface area contributed by atoms with Gasteiger partial charge >= 0.3 is 0 Å². The number of aliphatic imine (C=N–C) groups is 1. The van der Waals surface area contributed by atoms with Crippen molar-refractivity contribution >= 4 is 29.9 Å². The van der Waals surface area contributed by atoms with E-state index in [9.17, 15) is 0 Å². The number of hydrogen-bond donors (Lipinski definition) is 2. The first-order valence-electron chi connectivity index (χ1n) is 11.9. The second kappa shape index (κ2) is 13.9. The number of benzene rings is 1. The lowest BCUT2D eigenvalue weighted by Crippen LogP contribution is -2.46. The molecule has 0 spiro atoms. The fraction of sp³-hybridized carbons (Fsp3) is 0.600. The number of guanidine groups is 1. The summed E-state index contributed by atoms with van der Waals surface area (Å²) in [5.74, 6) is 2.36. The largest absolute Gasteiger partial charge is 0.443 e. The summed E-state index contributed by atoms with van der Waals surface area (Å²) in [6, 6.07) is 10.8. The summed E-state index contributed by atoms with van der Waals surface area (Å²) in [6.45, 7) is 17.3. The normalized spacial score (nSPS) is 15.8. The number of rotatable bonds is 9. The fourth-order valence-electron chi connectivity index (χ4n) is 3.74. The first-order valence-corrected chi connectivity index (χ1v) is 11.9. The molecule has 0 unspecified atom stereocenters. The topological polar surface area (TPSA) is 68.9 Å². The van der Waals surface area contributed by atoms with Gasteiger partial charge in [-0.15, -0.1) is 24.0 Å². The van der Waals surface area contributed by atoms with E-state index in [1.165, 1.54) is 5.56 Å². The van der Waals surface area contributed by atoms with Crippen molar-refractivity contribution in [2.24, 2.45) is 4.99 Å². The van der Waals surface area contributed by atoms with E-state index in [1.807, 2.05) is 6.20 Å². The molecule has 0 amide bonds. The van der Waals surface area contributed by atoms with Gasteiger partial charge in [0.05, 0.1) is 6.20 Å². The van der Waals surface area contributed by atoms with Gasteiger partial charge in [0, 0.05) is 51.2 Å². The highest BCUT2D eigenvalue weighted by Crippen LogP contribution is 2.22. The number of piperazine rings is 1. The lowest BCUT2D eigenvalue weighted by atomic mass is 9.94. The van der Waals surface area contributed by atoms with Gasteiger partial charge < -0.3 is 20.0 Å². The van der Waals surface area contributed by atoms with Crippen LogP contribution in [-0.4, -0.2) is 66.6 Å². The van der Waals surface area contributed by atoms with E-state index < -0.39 is 0 Å². The van der Waals surface area contributed by atoms with Crippen molar-refractivity contribution in [3.8, 4) is 0 Å². The molecule has 1 aromatic carbocycles. The van der Waals surface area contributed by atoms with Crippen molar-refractivity contribution in [3.05, 3.63) is 53.7 Å². The van der Waals surface area contributed by atoms with E-state index in [2.05, 4.69) is 88.4 Å². The average molecular weight is 569 g/mol. The highest BCUT2D eigenvalue weighted by molar-refractivity contribution is 14.0. The van der Waals surface area contributed by atoms with Gasteiger partial charge in [-0.05, 0) is 25.5 Å². The Balaban J connectivity index is 0.00000385. The SMILES string of the molecule is CCNC(=NCc1ncc(C(C)(C)C)o1)NCCCN1CCN(Cc2ccccc2)CC1.I. The Kier molecular flexibility index (Phi) is 11.6. The van der Waals surface area contributed by atoms with Gasteiger partial charge in [-0.25, -0.2) is 9.98 Å². The zero-order valence-corrected chi connectivity index (χ0v) is 23.0. The highest BCUT2D eigenvalue weighted by atomic mass is 127. The molecule has 1 saturated heterocycles.